The molecule has 0 atom stereocenters. The Morgan fingerprint density at radius 1 is 1.22 bits per heavy atom. The summed E-state index contributed by atoms with van der Waals surface area (Å²) < 4.78 is 5.38. The lowest BCUT2D eigenvalue weighted by Crippen LogP contribution is -1.99. The van der Waals surface area contributed by atoms with E-state index >= 15 is 0 Å². The summed E-state index contributed by atoms with van der Waals surface area (Å²) in [5.74, 6) is 0.459. The summed E-state index contributed by atoms with van der Waals surface area (Å²) in [5.41, 5.74) is 11.3. The number of rotatable bonds is 3. The van der Waals surface area contributed by atoms with Crippen LogP contribution in [0.1, 0.15) is 0 Å². The standard InChI is InChI=1S/C11H10N4O3/c12-7-2-1-3-8(6-7)18-10-5-4-9(15(16)17)11(13)14-10/h1-6H,12H2,(H2,13,14). The maximum atomic E-state index is 10.6. The molecule has 0 aliphatic heterocycles. The monoisotopic (exact) mass is 246 g/mol. The molecule has 2 rings (SSSR count). The van der Waals surface area contributed by atoms with Crippen LogP contribution in [0.15, 0.2) is 36.4 Å². The summed E-state index contributed by atoms with van der Waals surface area (Å²) in [6.07, 6.45) is 0. The van der Waals surface area contributed by atoms with Gasteiger partial charge in [0.2, 0.25) is 11.7 Å². The number of nitrogens with zero attached hydrogens (tertiary/aromatic N) is 2. The van der Waals surface area contributed by atoms with Gasteiger partial charge in [0.25, 0.3) is 0 Å². The second-order valence-corrected chi connectivity index (χ2v) is 3.49. The van der Waals surface area contributed by atoms with Gasteiger partial charge in [-0.1, -0.05) is 6.07 Å². The molecule has 0 fully saturated rings. The van der Waals surface area contributed by atoms with Crippen molar-refractivity contribution in [2.24, 2.45) is 0 Å². The summed E-state index contributed by atoms with van der Waals surface area (Å²) in [5, 5.41) is 10.6. The van der Waals surface area contributed by atoms with Crippen molar-refractivity contribution in [1.29, 1.82) is 0 Å². The quantitative estimate of drug-likeness (QED) is 0.485. The van der Waals surface area contributed by atoms with E-state index in [2.05, 4.69) is 4.98 Å². The molecule has 0 bridgehead atoms. The topological polar surface area (TPSA) is 117 Å². The minimum Gasteiger partial charge on any atom is -0.439 e. The van der Waals surface area contributed by atoms with Crippen LogP contribution >= 0.6 is 0 Å². The number of nitrogens with two attached hydrogens (primary N) is 2. The number of benzene rings is 1. The average molecular weight is 246 g/mol. The van der Waals surface area contributed by atoms with Gasteiger partial charge in [0.1, 0.15) is 5.75 Å². The SMILES string of the molecule is Nc1cccc(Oc2ccc([N+](=O)[O-])c(N)n2)c1. The van der Waals surface area contributed by atoms with Gasteiger partial charge >= 0.3 is 5.69 Å². The largest absolute Gasteiger partial charge is 0.439 e. The van der Waals surface area contributed by atoms with Crippen molar-refractivity contribution < 1.29 is 9.66 Å². The number of ether oxygens (including phenoxy) is 1. The highest BCUT2D eigenvalue weighted by molar-refractivity contribution is 5.54. The first kappa shape index (κ1) is 11.6. The van der Waals surface area contributed by atoms with Crippen molar-refractivity contribution in [3.05, 3.63) is 46.5 Å². The second kappa shape index (κ2) is 4.58. The summed E-state index contributed by atoms with van der Waals surface area (Å²) >= 11 is 0. The summed E-state index contributed by atoms with van der Waals surface area (Å²) in [6, 6.07) is 9.35. The summed E-state index contributed by atoms with van der Waals surface area (Å²) in [7, 11) is 0. The van der Waals surface area contributed by atoms with Crippen LogP contribution in [0.3, 0.4) is 0 Å². The molecule has 0 unspecified atom stereocenters. The molecule has 0 aliphatic carbocycles. The van der Waals surface area contributed by atoms with Crippen molar-refractivity contribution in [3.8, 4) is 11.6 Å². The molecule has 1 heterocycles. The van der Waals surface area contributed by atoms with Crippen LogP contribution in [-0.2, 0) is 0 Å². The fraction of sp³-hybridized carbons (Fsp3) is 0. The predicted molar refractivity (Wildman–Crippen MR) is 66.2 cm³/mol. The van der Waals surface area contributed by atoms with Crippen LogP contribution in [-0.4, -0.2) is 9.91 Å². The highest BCUT2D eigenvalue weighted by Gasteiger charge is 2.13. The minimum atomic E-state index is -0.605. The first-order chi connectivity index (χ1) is 8.56. The van der Waals surface area contributed by atoms with Gasteiger partial charge in [-0.05, 0) is 12.1 Å². The van der Waals surface area contributed by atoms with Crippen molar-refractivity contribution in [1.82, 2.24) is 4.98 Å². The number of nitro groups is 1. The molecule has 18 heavy (non-hydrogen) atoms. The zero-order valence-corrected chi connectivity index (χ0v) is 9.24. The number of anilines is 2. The molecule has 0 saturated carbocycles. The van der Waals surface area contributed by atoms with Crippen LogP contribution in [0, 0.1) is 10.1 Å². The van der Waals surface area contributed by atoms with E-state index in [9.17, 15) is 10.1 Å². The zero-order valence-electron chi connectivity index (χ0n) is 9.24. The fourth-order valence-corrected chi connectivity index (χ4v) is 1.36. The Labute approximate surface area is 102 Å². The molecule has 0 radical (unpaired) electrons. The lowest BCUT2D eigenvalue weighted by atomic mass is 10.3. The Hall–Kier alpha value is -2.83. The number of pyridine rings is 1. The Balaban J connectivity index is 2.25. The molecule has 7 nitrogen and oxygen atoms in total. The molecule has 0 aliphatic rings. The van der Waals surface area contributed by atoms with Crippen LogP contribution in [0.4, 0.5) is 17.2 Å². The normalized spacial score (nSPS) is 10.0. The number of hydrogen-bond donors (Lipinski definition) is 2. The minimum absolute atomic E-state index is 0.170. The van der Waals surface area contributed by atoms with E-state index in [0.29, 0.717) is 11.4 Å². The molecule has 0 amide bonds. The average Bonchev–Trinajstić information content (AvgIpc) is 2.28. The maximum Gasteiger partial charge on any atom is 0.311 e. The van der Waals surface area contributed by atoms with Crippen molar-refractivity contribution in [2.45, 2.75) is 0 Å². The summed E-state index contributed by atoms with van der Waals surface area (Å²) in [4.78, 5) is 13.8. The third kappa shape index (κ3) is 2.46. The Morgan fingerprint density at radius 3 is 2.61 bits per heavy atom. The molecule has 0 saturated heterocycles. The summed E-state index contributed by atoms with van der Waals surface area (Å²) in [6.45, 7) is 0. The number of nitrogen functional groups attached to an aromatic ring is 2. The van der Waals surface area contributed by atoms with E-state index in [0.717, 1.165) is 0 Å². The third-order valence-corrected chi connectivity index (χ3v) is 2.15. The van der Waals surface area contributed by atoms with Gasteiger partial charge in [-0.15, -0.1) is 0 Å². The van der Waals surface area contributed by atoms with E-state index in [4.69, 9.17) is 16.2 Å². The van der Waals surface area contributed by atoms with Crippen LogP contribution in [0.5, 0.6) is 11.6 Å². The van der Waals surface area contributed by atoms with Crippen LogP contribution in [0.2, 0.25) is 0 Å². The van der Waals surface area contributed by atoms with Gasteiger partial charge < -0.3 is 16.2 Å². The van der Waals surface area contributed by atoms with Gasteiger partial charge in [0.15, 0.2) is 0 Å². The Kier molecular flexibility index (Phi) is 2.96. The van der Waals surface area contributed by atoms with Gasteiger partial charge in [-0.2, -0.15) is 4.98 Å². The Bertz CT molecular complexity index is 601. The first-order valence-corrected chi connectivity index (χ1v) is 5.00. The van der Waals surface area contributed by atoms with E-state index in [1.165, 1.54) is 12.1 Å². The molecule has 1 aromatic carbocycles. The zero-order chi connectivity index (χ0) is 13.1. The Morgan fingerprint density at radius 2 is 2.00 bits per heavy atom. The van der Waals surface area contributed by atoms with E-state index in [1.807, 2.05) is 0 Å². The van der Waals surface area contributed by atoms with Crippen LogP contribution in [0.25, 0.3) is 0 Å². The predicted octanol–water partition coefficient (Wildman–Crippen LogP) is 1.95. The molecule has 4 N–H and O–H groups in total. The van der Waals surface area contributed by atoms with Crippen molar-refractivity contribution in [3.63, 3.8) is 0 Å². The van der Waals surface area contributed by atoms with Crippen LogP contribution < -0.4 is 16.2 Å². The highest BCUT2D eigenvalue weighted by atomic mass is 16.6. The molecule has 1 aromatic heterocycles. The molecule has 92 valence electrons. The smallest absolute Gasteiger partial charge is 0.311 e. The third-order valence-electron chi connectivity index (χ3n) is 2.15. The molecular weight excluding hydrogens is 236 g/mol. The van der Waals surface area contributed by atoms with Crippen molar-refractivity contribution in [2.75, 3.05) is 11.5 Å². The van der Waals surface area contributed by atoms with E-state index in [1.54, 1.807) is 24.3 Å². The molecule has 2 aromatic rings. The first-order valence-electron chi connectivity index (χ1n) is 5.00. The molecule has 7 heteroatoms. The number of aromatic nitrogens is 1. The van der Waals surface area contributed by atoms with E-state index in [-0.39, 0.29) is 17.4 Å². The number of hydrogen-bond acceptors (Lipinski definition) is 6. The van der Waals surface area contributed by atoms with Crippen molar-refractivity contribution >= 4 is 17.2 Å². The lowest BCUT2D eigenvalue weighted by Gasteiger charge is -2.05. The van der Waals surface area contributed by atoms with Gasteiger partial charge in [0, 0.05) is 23.9 Å². The van der Waals surface area contributed by atoms with Gasteiger partial charge in [-0.25, -0.2) is 0 Å². The van der Waals surface area contributed by atoms with Gasteiger partial charge in [-0.3, -0.25) is 10.1 Å². The van der Waals surface area contributed by atoms with Gasteiger partial charge in [0.05, 0.1) is 4.92 Å². The molecule has 0 spiro atoms. The fourth-order valence-electron chi connectivity index (χ4n) is 1.36. The maximum absolute atomic E-state index is 10.6. The second-order valence-electron chi connectivity index (χ2n) is 3.49. The highest BCUT2D eigenvalue weighted by Crippen LogP contribution is 2.26. The lowest BCUT2D eigenvalue weighted by molar-refractivity contribution is -0.384. The molecular formula is C11H10N4O3. The van der Waals surface area contributed by atoms with E-state index < -0.39 is 4.92 Å².